The predicted octanol–water partition coefficient (Wildman–Crippen LogP) is 2.15. The molecule has 1 aromatic heterocycles. The highest BCUT2D eigenvalue weighted by Gasteiger charge is 2.21. The van der Waals surface area contributed by atoms with Gasteiger partial charge in [-0.1, -0.05) is 6.07 Å². The van der Waals surface area contributed by atoms with Crippen LogP contribution in [0.1, 0.15) is 35.6 Å². The van der Waals surface area contributed by atoms with Crippen LogP contribution in [-0.4, -0.2) is 35.7 Å². The van der Waals surface area contributed by atoms with Gasteiger partial charge in [-0.05, 0) is 32.0 Å². The highest BCUT2D eigenvalue weighted by Crippen LogP contribution is 2.22. The first-order chi connectivity index (χ1) is 11.1. The first-order valence-corrected chi connectivity index (χ1v) is 7.97. The largest absolute Gasteiger partial charge is 0.372 e. The lowest BCUT2D eigenvalue weighted by molar-refractivity contribution is 0.102. The average molecular weight is 313 g/mol. The van der Waals surface area contributed by atoms with Crippen LogP contribution < -0.4 is 15.5 Å². The van der Waals surface area contributed by atoms with Crippen LogP contribution in [0.25, 0.3) is 0 Å². The Kier molecular flexibility index (Phi) is 4.34. The first-order valence-electron chi connectivity index (χ1n) is 7.97. The van der Waals surface area contributed by atoms with Crippen molar-refractivity contribution >= 4 is 17.3 Å². The fourth-order valence-corrected chi connectivity index (χ4v) is 2.70. The smallest absolute Gasteiger partial charge is 0.276 e. The Bertz CT molecular complexity index is 707. The fourth-order valence-electron chi connectivity index (χ4n) is 2.70. The van der Waals surface area contributed by atoms with E-state index in [9.17, 15) is 4.79 Å². The van der Waals surface area contributed by atoms with E-state index in [4.69, 9.17) is 0 Å². The van der Waals surface area contributed by atoms with Crippen molar-refractivity contribution in [1.82, 2.24) is 15.5 Å². The van der Waals surface area contributed by atoms with Crippen molar-refractivity contribution in [3.63, 3.8) is 0 Å². The van der Waals surface area contributed by atoms with Crippen LogP contribution in [0.5, 0.6) is 0 Å². The zero-order valence-corrected chi connectivity index (χ0v) is 13.8. The van der Waals surface area contributed by atoms with E-state index in [2.05, 4.69) is 39.6 Å². The van der Waals surface area contributed by atoms with Crippen molar-refractivity contribution in [3.8, 4) is 0 Å². The Balaban J connectivity index is 1.78. The number of amides is 1. The number of carbonyl (C=O) groups excluding carboxylic acids is 1. The number of carbonyl (C=O) groups is 1. The standard InChI is InChI=1S/C17H23N5O/c1-11(2)22(3)13-6-4-5-12(9-13)19-17(23)16-14-10-18-8-7-15(14)20-21-16/h4-6,9,11,18H,7-8,10H2,1-3H3,(H,19,23)(H,20,21). The van der Waals surface area contributed by atoms with Crippen molar-refractivity contribution in [2.75, 3.05) is 23.8 Å². The Hall–Kier alpha value is -2.34. The molecule has 0 unspecified atom stereocenters. The van der Waals surface area contributed by atoms with Gasteiger partial charge < -0.3 is 15.5 Å². The van der Waals surface area contributed by atoms with E-state index in [1.54, 1.807) is 0 Å². The number of hydrogen-bond donors (Lipinski definition) is 3. The van der Waals surface area contributed by atoms with Gasteiger partial charge in [-0.2, -0.15) is 5.10 Å². The monoisotopic (exact) mass is 313 g/mol. The summed E-state index contributed by atoms with van der Waals surface area (Å²) in [6, 6.07) is 8.26. The molecule has 6 nitrogen and oxygen atoms in total. The summed E-state index contributed by atoms with van der Waals surface area (Å²) in [6.07, 6.45) is 0.879. The topological polar surface area (TPSA) is 73.0 Å². The van der Waals surface area contributed by atoms with Crippen molar-refractivity contribution in [2.45, 2.75) is 32.9 Å². The zero-order valence-electron chi connectivity index (χ0n) is 13.8. The molecule has 0 atom stereocenters. The van der Waals surface area contributed by atoms with E-state index >= 15 is 0 Å². The minimum absolute atomic E-state index is 0.171. The van der Waals surface area contributed by atoms with Crippen LogP contribution in [0.4, 0.5) is 11.4 Å². The molecule has 3 N–H and O–H groups in total. The van der Waals surface area contributed by atoms with Gasteiger partial charge >= 0.3 is 0 Å². The minimum atomic E-state index is -0.171. The van der Waals surface area contributed by atoms with Crippen LogP contribution in [0.3, 0.4) is 0 Å². The summed E-state index contributed by atoms with van der Waals surface area (Å²) in [5.74, 6) is -0.171. The summed E-state index contributed by atoms with van der Waals surface area (Å²) >= 11 is 0. The molecule has 6 heteroatoms. The summed E-state index contributed by atoms with van der Waals surface area (Å²) < 4.78 is 0. The molecule has 1 aliphatic rings. The van der Waals surface area contributed by atoms with Gasteiger partial charge in [0.05, 0.1) is 0 Å². The Morgan fingerprint density at radius 3 is 3.00 bits per heavy atom. The number of nitrogens with one attached hydrogen (secondary N) is 3. The molecule has 3 rings (SSSR count). The average Bonchev–Trinajstić information content (AvgIpc) is 2.98. The fraction of sp³-hybridized carbons (Fsp3) is 0.412. The Labute approximate surface area is 136 Å². The third kappa shape index (κ3) is 3.22. The van der Waals surface area contributed by atoms with Gasteiger partial charge in [-0.3, -0.25) is 9.89 Å². The van der Waals surface area contributed by atoms with Crippen LogP contribution in [0.15, 0.2) is 24.3 Å². The van der Waals surface area contributed by atoms with Crippen LogP contribution >= 0.6 is 0 Å². The molecule has 0 saturated heterocycles. The number of aromatic nitrogens is 2. The van der Waals surface area contributed by atoms with Gasteiger partial charge in [0.1, 0.15) is 0 Å². The second-order valence-electron chi connectivity index (χ2n) is 6.17. The number of hydrogen-bond acceptors (Lipinski definition) is 4. The number of H-pyrrole nitrogens is 1. The van der Waals surface area contributed by atoms with Gasteiger partial charge in [0.2, 0.25) is 0 Å². The number of benzene rings is 1. The minimum Gasteiger partial charge on any atom is -0.372 e. The molecule has 0 bridgehead atoms. The number of aromatic amines is 1. The van der Waals surface area contributed by atoms with Gasteiger partial charge in [0.15, 0.2) is 5.69 Å². The summed E-state index contributed by atoms with van der Waals surface area (Å²) in [4.78, 5) is 14.7. The van der Waals surface area contributed by atoms with Crippen molar-refractivity contribution in [1.29, 1.82) is 0 Å². The van der Waals surface area contributed by atoms with Gasteiger partial charge in [-0.15, -0.1) is 0 Å². The number of anilines is 2. The molecular formula is C17H23N5O. The maximum absolute atomic E-state index is 12.5. The lowest BCUT2D eigenvalue weighted by atomic mass is 10.1. The highest BCUT2D eigenvalue weighted by molar-refractivity contribution is 6.04. The molecule has 23 heavy (non-hydrogen) atoms. The third-order valence-electron chi connectivity index (χ3n) is 4.31. The quantitative estimate of drug-likeness (QED) is 0.809. The van der Waals surface area contributed by atoms with E-state index in [-0.39, 0.29) is 5.91 Å². The highest BCUT2D eigenvalue weighted by atomic mass is 16.1. The normalized spacial score (nSPS) is 13.7. The zero-order chi connectivity index (χ0) is 16.4. The van der Waals surface area contributed by atoms with E-state index < -0.39 is 0 Å². The molecule has 0 spiro atoms. The summed E-state index contributed by atoms with van der Waals surface area (Å²) in [5, 5.41) is 13.4. The molecule has 2 aromatic rings. The van der Waals surface area contributed by atoms with Crippen LogP contribution in [-0.2, 0) is 13.0 Å². The molecule has 0 fully saturated rings. The molecule has 2 heterocycles. The molecule has 1 aliphatic heterocycles. The molecule has 122 valence electrons. The maximum atomic E-state index is 12.5. The second-order valence-corrected chi connectivity index (χ2v) is 6.17. The second kappa shape index (κ2) is 6.42. The SMILES string of the molecule is CC(C)N(C)c1cccc(NC(=O)c2n[nH]c3c2CNCC3)c1. The van der Waals surface area contributed by atoms with Crippen molar-refractivity contribution < 1.29 is 4.79 Å². The van der Waals surface area contributed by atoms with Gasteiger partial charge in [0, 0.05) is 55.2 Å². The molecule has 1 aromatic carbocycles. The molecule has 1 amide bonds. The van der Waals surface area contributed by atoms with E-state index in [0.29, 0.717) is 18.3 Å². The van der Waals surface area contributed by atoms with E-state index in [0.717, 1.165) is 35.6 Å². The number of rotatable bonds is 4. The molecule has 0 aliphatic carbocycles. The van der Waals surface area contributed by atoms with Crippen molar-refractivity contribution in [3.05, 3.63) is 41.2 Å². The maximum Gasteiger partial charge on any atom is 0.276 e. The van der Waals surface area contributed by atoms with Crippen molar-refractivity contribution in [2.24, 2.45) is 0 Å². The van der Waals surface area contributed by atoms with Gasteiger partial charge in [-0.25, -0.2) is 0 Å². The summed E-state index contributed by atoms with van der Waals surface area (Å²) in [7, 11) is 2.04. The lowest BCUT2D eigenvalue weighted by Gasteiger charge is -2.24. The summed E-state index contributed by atoms with van der Waals surface area (Å²) in [6.45, 7) is 5.87. The number of nitrogens with zero attached hydrogens (tertiary/aromatic N) is 2. The molecular weight excluding hydrogens is 290 g/mol. The lowest BCUT2D eigenvalue weighted by Crippen LogP contribution is -2.26. The van der Waals surface area contributed by atoms with Crippen LogP contribution in [0, 0.1) is 0 Å². The van der Waals surface area contributed by atoms with Crippen LogP contribution in [0.2, 0.25) is 0 Å². The molecule has 0 radical (unpaired) electrons. The number of fused-ring (bicyclic) bond motifs is 1. The first kappa shape index (κ1) is 15.6. The van der Waals surface area contributed by atoms with E-state index in [1.165, 1.54) is 0 Å². The Morgan fingerprint density at radius 2 is 2.22 bits per heavy atom. The van der Waals surface area contributed by atoms with E-state index in [1.807, 2.05) is 31.3 Å². The molecule has 0 saturated carbocycles. The van der Waals surface area contributed by atoms with Gasteiger partial charge in [0.25, 0.3) is 5.91 Å². The Morgan fingerprint density at radius 1 is 1.39 bits per heavy atom. The predicted molar refractivity (Wildman–Crippen MR) is 91.9 cm³/mol. The third-order valence-corrected chi connectivity index (χ3v) is 4.31. The summed E-state index contributed by atoms with van der Waals surface area (Å²) in [5.41, 5.74) is 4.37.